The van der Waals surface area contributed by atoms with E-state index in [1.165, 1.54) is 44.9 Å². The summed E-state index contributed by atoms with van der Waals surface area (Å²) in [4.78, 5) is 0. The molecule has 0 saturated heterocycles. The Morgan fingerprint density at radius 2 is 1.86 bits per heavy atom. The molecule has 3 nitrogen and oxygen atoms in total. The van der Waals surface area contributed by atoms with Crippen molar-refractivity contribution in [1.82, 2.24) is 5.32 Å². The summed E-state index contributed by atoms with van der Waals surface area (Å²) < 4.78 is 0.859. The van der Waals surface area contributed by atoms with Crippen LogP contribution in [0.4, 0.5) is 0 Å². The van der Waals surface area contributed by atoms with Crippen molar-refractivity contribution in [2.24, 2.45) is 0 Å². The number of rotatable bonds is 12. The van der Waals surface area contributed by atoms with Gasteiger partial charge in [-0.15, -0.1) is 0 Å². The maximum absolute atomic E-state index is 9.28. The highest BCUT2D eigenvalue weighted by molar-refractivity contribution is 4.91. The van der Waals surface area contributed by atoms with Crippen molar-refractivity contribution in [2.75, 3.05) is 19.7 Å². The number of quaternary nitrogens is 1. The highest BCUT2D eigenvalue weighted by atomic mass is 16.3. The van der Waals surface area contributed by atoms with Gasteiger partial charge in [0, 0.05) is 6.42 Å². The van der Waals surface area contributed by atoms with E-state index in [1.54, 1.807) is 0 Å². The van der Waals surface area contributed by atoms with Crippen molar-refractivity contribution in [2.45, 2.75) is 71.4 Å². The summed E-state index contributed by atoms with van der Waals surface area (Å²) in [5, 5.41) is 12.7. The van der Waals surface area contributed by atoms with Gasteiger partial charge < -0.3 is 10.4 Å². The fourth-order valence-corrected chi connectivity index (χ4v) is 3.12. The fourth-order valence-electron chi connectivity index (χ4n) is 3.12. The van der Waals surface area contributed by atoms with Crippen molar-refractivity contribution in [3.63, 3.8) is 0 Å². The molecule has 0 spiro atoms. The molecule has 1 aliphatic rings. The van der Waals surface area contributed by atoms with Gasteiger partial charge in [-0.25, -0.2) is 0 Å². The zero-order valence-electron chi connectivity index (χ0n) is 14.1. The zero-order valence-corrected chi connectivity index (χ0v) is 14.1. The minimum Gasteiger partial charge on any atom is -0.390 e. The van der Waals surface area contributed by atoms with E-state index in [0.29, 0.717) is 6.17 Å². The van der Waals surface area contributed by atoms with E-state index in [0.717, 1.165) is 24.0 Å². The Morgan fingerprint density at radius 1 is 1.10 bits per heavy atom. The Bertz CT molecular complexity index is 314. The van der Waals surface area contributed by atoms with E-state index in [-0.39, 0.29) is 6.61 Å². The average Bonchev–Trinajstić information content (AvgIpc) is 2.89. The number of hydrogen-bond acceptors (Lipinski definition) is 2. The summed E-state index contributed by atoms with van der Waals surface area (Å²) in [6.45, 7) is 6.54. The van der Waals surface area contributed by atoms with Crippen LogP contribution in [0.15, 0.2) is 24.6 Å². The molecule has 122 valence electrons. The summed E-state index contributed by atoms with van der Waals surface area (Å²) in [5.74, 6) is 0. The van der Waals surface area contributed by atoms with Gasteiger partial charge in [-0.05, 0) is 19.8 Å². The Morgan fingerprint density at radius 3 is 2.57 bits per heavy atom. The Balaban J connectivity index is 2.17. The summed E-state index contributed by atoms with van der Waals surface area (Å²) >= 11 is 0. The van der Waals surface area contributed by atoms with Crippen molar-refractivity contribution in [3.05, 3.63) is 24.6 Å². The van der Waals surface area contributed by atoms with Gasteiger partial charge in [0.15, 0.2) is 6.17 Å². The molecule has 0 saturated carbocycles. The van der Waals surface area contributed by atoms with E-state index in [1.807, 2.05) is 6.20 Å². The van der Waals surface area contributed by atoms with Crippen LogP contribution >= 0.6 is 0 Å². The minimum absolute atomic E-state index is 0.248. The Kier molecular flexibility index (Phi) is 9.44. The van der Waals surface area contributed by atoms with Crippen molar-refractivity contribution in [1.29, 1.82) is 0 Å². The number of aliphatic hydroxyl groups excluding tert-OH is 1. The Hall–Kier alpha value is -0.800. The second-order valence-corrected chi connectivity index (χ2v) is 6.13. The van der Waals surface area contributed by atoms with Gasteiger partial charge in [-0.3, -0.25) is 4.48 Å². The molecule has 0 radical (unpaired) electrons. The van der Waals surface area contributed by atoms with E-state index >= 15 is 0 Å². The lowest BCUT2D eigenvalue weighted by atomic mass is 10.1. The molecule has 2 unspecified atom stereocenters. The maximum Gasteiger partial charge on any atom is 0.169 e. The van der Waals surface area contributed by atoms with Gasteiger partial charge in [-0.1, -0.05) is 51.2 Å². The molecule has 2 atom stereocenters. The van der Waals surface area contributed by atoms with Crippen LogP contribution in [0.2, 0.25) is 0 Å². The highest BCUT2D eigenvalue weighted by Gasteiger charge is 2.35. The van der Waals surface area contributed by atoms with Crippen LogP contribution in [-0.4, -0.2) is 35.5 Å². The van der Waals surface area contributed by atoms with Crippen LogP contribution in [0.25, 0.3) is 0 Å². The third-order valence-corrected chi connectivity index (χ3v) is 4.64. The number of nitrogens with zero attached hydrogens (tertiary/aromatic N) is 1. The summed E-state index contributed by atoms with van der Waals surface area (Å²) in [7, 11) is 0. The first-order valence-corrected chi connectivity index (χ1v) is 8.85. The van der Waals surface area contributed by atoms with Gasteiger partial charge in [0.25, 0.3) is 0 Å². The SMILES string of the molecule is CCCCCCCC/C=C/CC1NC=C[N+]1(CC)CCO. The van der Waals surface area contributed by atoms with Crippen molar-refractivity contribution < 1.29 is 9.59 Å². The van der Waals surface area contributed by atoms with Crippen molar-refractivity contribution >= 4 is 0 Å². The molecular formula is C18H35N2O+. The molecule has 1 heterocycles. The van der Waals surface area contributed by atoms with Gasteiger partial charge in [-0.2, -0.15) is 0 Å². The maximum atomic E-state index is 9.28. The van der Waals surface area contributed by atoms with Crippen LogP contribution in [0.5, 0.6) is 0 Å². The molecule has 0 aliphatic carbocycles. The number of hydrogen-bond donors (Lipinski definition) is 2. The summed E-state index contributed by atoms with van der Waals surface area (Å²) in [5.41, 5.74) is 0. The molecule has 0 amide bonds. The second-order valence-electron chi connectivity index (χ2n) is 6.13. The first-order chi connectivity index (χ1) is 10.3. The third-order valence-electron chi connectivity index (χ3n) is 4.64. The molecule has 0 fully saturated rings. The van der Waals surface area contributed by atoms with E-state index < -0.39 is 0 Å². The van der Waals surface area contributed by atoms with Gasteiger partial charge >= 0.3 is 0 Å². The molecule has 0 aromatic rings. The van der Waals surface area contributed by atoms with Crippen molar-refractivity contribution in [3.8, 4) is 0 Å². The lowest BCUT2D eigenvalue weighted by molar-refractivity contribution is -0.899. The molecule has 21 heavy (non-hydrogen) atoms. The van der Waals surface area contributed by atoms with Gasteiger partial charge in [0.2, 0.25) is 0 Å². The van der Waals surface area contributed by atoms with Crippen LogP contribution in [0.1, 0.15) is 65.2 Å². The highest BCUT2D eigenvalue weighted by Crippen LogP contribution is 2.21. The smallest absolute Gasteiger partial charge is 0.169 e. The third kappa shape index (κ3) is 6.23. The van der Waals surface area contributed by atoms with Gasteiger partial charge in [0.1, 0.15) is 12.7 Å². The van der Waals surface area contributed by atoms with E-state index in [4.69, 9.17) is 0 Å². The van der Waals surface area contributed by atoms with Crippen LogP contribution in [0.3, 0.4) is 0 Å². The minimum atomic E-state index is 0.248. The largest absolute Gasteiger partial charge is 0.390 e. The quantitative estimate of drug-likeness (QED) is 0.325. The average molecular weight is 295 g/mol. The Labute approximate surface area is 131 Å². The molecule has 1 aliphatic heterocycles. The number of aliphatic hydroxyl groups is 1. The monoisotopic (exact) mass is 295 g/mol. The van der Waals surface area contributed by atoms with Crippen LogP contribution in [-0.2, 0) is 0 Å². The normalized spacial score (nSPS) is 24.8. The molecule has 0 aromatic heterocycles. The number of nitrogens with one attached hydrogen (secondary N) is 1. The van der Waals surface area contributed by atoms with Gasteiger partial charge in [0.05, 0.1) is 19.4 Å². The first-order valence-electron chi connectivity index (χ1n) is 8.85. The number of allylic oxidation sites excluding steroid dienone is 1. The lowest BCUT2D eigenvalue weighted by Gasteiger charge is -2.36. The lowest BCUT2D eigenvalue weighted by Crippen LogP contribution is -2.53. The second kappa shape index (κ2) is 10.9. The zero-order chi connectivity index (χ0) is 15.4. The number of unbranched alkanes of at least 4 members (excludes halogenated alkanes) is 6. The predicted molar refractivity (Wildman–Crippen MR) is 90.6 cm³/mol. The molecular weight excluding hydrogens is 260 g/mol. The molecule has 0 aromatic carbocycles. The van der Waals surface area contributed by atoms with Crippen LogP contribution < -0.4 is 5.32 Å². The summed E-state index contributed by atoms with van der Waals surface area (Å²) in [6, 6.07) is 0. The van der Waals surface area contributed by atoms with E-state index in [9.17, 15) is 5.11 Å². The van der Waals surface area contributed by atoms with E-state index in [2.05, 4.69) is 37.5 Å². The van der Waals surface area contributed by atoms with Crippen LogP contribution in [0, 0.1) is 0 Å². The molecule has 3 heteroatoms. The fraction of sp³-hybridized carbons (Fsp3) is 0.778. The number of likely N-dealkylation sites (N-methyl/N-ethyl adjacent to an activating group) is 1. The predicted octanol–water partition coefficient (Wildman–Crippen LogP) is 3.91. The first kappa shape index (κ1) is 18.2. The molecule has 1 rings (SSSR count). The topological polar surface area (TPSA) is 32.3 Å². The molecule has 0 bridgehead atoms. The molecule has 2 N–H and O–H groups in total. The standard InChI is InChI=1S/C18H35N2O/c1-3-5-6-7-8-9-10-11-12-13-18-19-14-15-20(18,4-2)16-17-21/h11-12,14-15,18-19,21H,3-10,13,16-17H2,1-2H3/q+1/b12-11+. The summed E-state index contributed by atoms with van der Waals surface area (Å²) in [6.07, 6.45) is 19.7.